The highest BCUT2D eigenvalue weighted by Crippen LogP contribution is 2.18. The molecule has 11 nitrogen and oxygen atoms in total. The highest BCUT2D eigenvalue weighted by atomic mass is 16.5. The lowest BCUT2D eigenvalue weighted by atomic mass is 10.3. The molecule has 0 radical (unpaired) electrons. The zero-order valence-electron chi connectivity index (χ0n) is 13.9. The van der Waals surface area contributed by atoms with E-state index in [-0.39, 0.29) is 31.6 Å². The van der Waals surface area contributed by atoms with Crippen LogP contribution in [-0.4, -0.2) is 61.1 Å². The Balaban J connectivity index is 1.90. The number of carbonyl (C=O) groups excluding carboxylic acids is 1. The van der Waals surface area contributed by atoms with Crippen molar-refractivity contribution in [2.24, 2.45) is 5.73 Å². The van der Waals surface area contributed by atoms with Crippen LogP contribution >= 0.6 is 0 Å². The summed E-state index contributed by atoms with van der Waals surface area (Å²) in [5.74, 6) is 0.0683. The fourth-order valence-corrected chi connectivity index (χ4v) is 2.17. The maximum absolute atomic E-state index is 11.4. The van der Waals surface area contributed by atoms with Crippen molar-refractivity contribution in [1.82, 2.24) is 29.8 Å². The first kappa shape index (κ1) is 17.5. The minimum Gasteiger partial charge on any atom is -0.497 e. The summed E-state index contributed by atoms with van der Waals surface area (Å²) in [6, 6.07) is 7.24. The Morgan fingerprint density at radius 2 is 2.08 bits per heavy atom. The van der Waals surface area contributed by atoms with E-state index in [2.05, 4.69) is 20.4 Å². The van der Waals surface area contributed by atoms with Gasteiger partial charge < -0.3 is 20.3 Å². The molecule has 0 saturated carbocycles. The van der Waals surface area contributed by atoms with Gasteiger partial charge in [-0.2, -0.15) is 0 Å². The van der Waals surface area contributed by atoms with Crippen LogP contribution in [-0.2, 0) is 11.5 Å². The van der Waals surface area contributed by atoms with Crippen LogP contribution in [0.5, 0.6) is 5.75 Å². The summed E-state index contributed by atoms with van der Waals surface area (Å²) < 4.78 is 13.2. The smallest absolute Gasteiger partial charge is 0.288 e. The molecule has 0 saturated heterocycles. The van der Waals surface area contributed by atoms with E-state index in [0.717, 1.165) is 11.4 Å². The first-order valence-electron chi connectivity index (χ1n) is 7.62. The SMILES string of the molecule is COc1ccc(-n2cc(-c3nc(C(N)=O)nn3COCCO)nn2)cc1. The first-order chi connectivity index (χ1) is 12.6. The fourth-order valence-electron chi connectivity index (χ4n) is 2.17. The molecule has 3 N–H and O–H groups in total. The quantitative estimate of drug-likeness (QED) is 0.517. The molecule has 11 heteroatoms. The number of hydrogen-bond donors (Lipinski definition) is 2. The fraction of sp³-hybridized carbons (Fsp3) is 0.267. The molecule has 2 aromatic heterocycles. The van der Waals surface area contributed by atoms with Crippen LogP contribution in [0.1, 0.15) is 10.6 Å². The van der Waals surface area contributed by atoms with E-state index in [9.17, 15) is 4.79 Å². The number of hydrogen-bond acceptors (Lipinski definition) is 8. The van der Waals surface area contributed by atoms with Crippen molar-refractivity contribution in [3.05, 3.63) is 36.3 Å². The van der Waals surface area contributed by atoms with Crippen molar-refractivity contribution in [3.8, 4) is 23.0 Å². The molecular weight excluding hydrogens is 342 g/mol. The highest BCUT2D eigenvalue weighted by Gasteiger charge is 2.18. The molecule has 26 heavy (non-hydrogen) atoms. The van der Waals surface area contributed by atoms with Crippen LogP contribution in [0.2, 0.25) is 0 Å². The first-order valence-corrected chi connectivity index (χ1v) is 7.62. The Labute approximate surface area is 148 Å². The summed E-state index contributed by atoms with van der Waals surface area (Å²) in [7, 11) is 1.59. The number of rotatable bonds is 8. The predicted molar refractivity (Wildman–Crippen MR) is 88.5 cm³/mol. The van der Waals surface area contributed by atoms with Crippen molar-refractivity contribution >= 4 is 5.91 Å². The van der Waals surface area contributed by atoms with Crippen LogP contribution in [0.4, 0.5) is 0 Å². The number of ether oxygens (including phenoxy) is 2. The third kappa shape index (κ3) is 3.68. The molecule has 3 rings (SSSR count). The third-order valence-electron chi connectivity index (χ3n) is 3.40. The standard InChI is InChI=1S/C15H17N7O4/c1-25-11-4-2-10(3-5-11)21-8-12(18-20-21)15-17-14(13(16)24)19-22(15)9-26-7-6-23/h2-5,8,23H,6-7,9H2,1H3,(H2,16,24). The molecule has 0 fully saturated rings. The Morgan fingerprint density at radius 1 is 1.31 bits per heavy atom. The molecule has 0 aliphatic rings. The average Bonchev–Trinajstić information content (AvgIpc) is 3.29. The van der Waals surface area contributed by atoms with Crippen LogP contribution in [0.25, 0.3) is 17.2 Å². The van der Waals surface area contributed by atoms with Crippen molar-refractivity contribution in [2.75, 3.05) is 20.3 Å². The number of primary amides is 1. The summed E-state index contributed by atoms with van der Waals surface area (Å²) in [4.78, 5) is 15.5. The molecular formula is C15H17N7O4. The minimum absolute atomic E-state index is 0.0223. The van der Waals surface area contributed by atoms with Crippen LogP contribution in [0.3, 0.4) is 0 Å². The molecule has 0 spiro atoms. The van der Waals surface area contributed by atoms with Crippen LogP contribution in [0.15, 0.2) is 30.5 Å². The van der Waals surface area contributed by atoms with E-state index < -0.39 is 5.91 Å². The topological polar surface area (TPSA) is 143 Å². The minimum atomic E-state index is -0.769. The Hall–Kier alpha value is -3.31. The van der Waals surface area contributed by atoms with Gasteiger partial charge in [-0.05, 0) is 24.3 Å². The number of aliphatic hydroxyl groups excluding tert-OH is 1. The molecule has 0 unspecified atom stereocenters. The van der Waals surface area contributed by atoms with Gasteiger partial charge in [-0.15, -0.1) is 10.2 Å². The summed E-state index contributed by atoms with van der Waals surface area (Å²) in [6.45, 7) is -0.0460. The van der Waals surface area contributed by atoms with Crippen molar-refractivity contribution in [1.29, 1.82) is 0 Å². The second kappa shape index (κ2) is 7.72. The van der Waals surface area contributed by atoms with Crippen LogP contribution in [0, 0.1) is 0 Å². The number of nitrogens with two attached hydrogens (primary N) is 1. The molecule has 0 bridgehead atoms. The zero-order valence-corrected chi connectivity index (χ0v) is 13.9. The van der Waals surface area contributed by atoms with E-state index in [0.29, 0.717) is 5.69 Å². The average molecular weight is 359 g/mol. The normalized spacial score (nSPS) is 10.8. The van der Waals surface area contributed by atoms with Gasteiger partial charge >= 0.3 is 0 Å². The number of methoxy groups -OCH3 is 1. The maximum atomic E-state index is 11.4. The monoisotopic (exact) mass is 359 g/mol. The molecule has 136 valence electrons. The third-order valence-corrected chi connectivity index (χ3v) is 3.40. The van der Waals surface area contributed by atoms with Gasteiger partial charge in [-0.25, -0.2) is 14.3 Å². The summed E-state index contributed by atoms with van der Waals surface area (Å²) in [5.41, 5.74) is 6.39. The number of aromatic nitrogens is 6. The summed E-state index contributed by atoms with van der Waals surface area (Å²) in [6.07, 6.45) is 1.64. The van der Waals surface area contributed by atoms with Gasteiger partial charge in [0.25, 0.3) is 5.91 Å². The van der Waals surface area contributed by atoms with Crippen molar-refractivity contribution in [3.63, 3.8) is 0 Å². The number of amides is 1. The molecule has 1 aromatic carbocycles. The van der Waals surface area contributed by atoms with E-state index in [1.807, 2.05) is 12.1 Å². The van der Waals surface area contributed by atoms with Gasteiger partial charge in [0.2, 0.25) is 5.82 Å². The number of benzene rings is 1. The van der Waals surface area contributed by atoms with Gasteiger partial charge in [-0.3, -0.25) is 4.79 Å². The maximum Gasteiger partial charge on any atom is 0.288 e. The summed E-state index contributed by atoms with van der Waals surface area (Å²) >= 11 is 0. The van der Waals surface area contributed by atoms with Gasteiger partial charge in [0.15, 0.2) is 11.5 Å². The Morgan fingerprint density at radius 3 is 2.73 bits per heavy atom. The molecule has 0 atom stereocenters. The molecule has 0 aliphatic heterocycles. The van der Waals surface area contributed by atoms with E-state index in [1.54, 1.807) is 30.1 Å². The highest BCUT2D eigenvalue weighted by molar-refractivity contribution is 5.89. The van der Waals surface area contributed by atoms with E-state index in [1.165, 1.54) is 4.68 Å². The van der Waals surface area contributed by atoms with Gasteiger partial charge in [0, 0.05) is 0 Å². The molecule has 3 aromatic rings. The van der Waals surface area contributed by atoms with E-state index in [4.69, 9.17) is 20.3 Å². The Bertz CT molecular complexity index is 888. The second-order valence-corrected chi connectivity index (χ2v) is 5.13. The van der Waals surface area contributed by atoms with Gasteiger partial charge in [0.1, 0.15) is 12.5 Å². The lowest BCUT2D eigenvalue weighted by molar-refractivity contribution is 0.0424. The second-order valence-electron chi connectivity index (χ2n) is 5.13. The number of carbonyl (C=O) groups is 1. The van der Waals surface area contributed by atoms with Crippen molar-refractivity contribution in [2.45, 2.75) is 6.73 Å². The lowest BCUT2D eigenvalue weighted by Crippen LogP contribution is -2.14. The van der Waals surface area contributed by atoms with Crippen LogP contribution < -0.4 is 10.5 Å². The number of nitrogens with zero attached hydrogens (tertiary/aromatic N) is 6. The van der Waals surface area contributed by atoms with Gasteiger partial charge in [-0.1, -0.05) is 5.21 Å². The molecule has 2 heterocycles. The van der Waals surface area contributed by atoms with E-state index >= 15 is 0 Å². The van der Waals surface area contributed by atoms with Crippen molar-refractivity contribution < 1.29 is 19.4 Å². The number of aliphatic hydroxyl groups is 1. The Kier molecular flexibility index (Phi) is 5.20. The zero-order chi connectivity index (χ0) is 18.5. The summed E-state index contributed by atoms with van der Waals surface area (Å²) in [5, 5.41) is 20.9. The largest absolute Gasteiger partial charge is 0.497 e. The molecule has 0 aliphatic carbocycles. The lowest BCUT2D eigenvalue weighted by Gasteiger charge is -2.04. The predicted octanol–water partition coefficient (Wildman–Crippen LogP) is -0.400. The molecule has 1 amide bonds. The van der Waals surface area contributed by atoms with Gasteiger partial charge in [0.05, 0.1) is 32.2 Å².